The predicted molar refractivity (Wildman–Crippen MR) is 70.1 cm³/mol. The van der Waals surface area contributed by atoms with Crippen molar-refractivity contribution in [2.75, 3.05) is 0 Å². The first-order valence-electron chi connectivity index (χ1n) is 5.40. The highest BCUT2D eigenvalue weighted by molar-refractivity contribution is 6.39. The van der Waals surface area contributed by atoms with Crippen molar-refractivity contribution >= 4 is 17.3 Å². The molecule has 18 heavy (non-hydrogen) atoms. The number of hydrogen-bond donors (Lipinski definition) is 3. The number of benzene rings is 1. The number of aliphatic carboxylic acids is 1. The molecular formula is C14H12N2O2. The molecule has 4 heteroatoms. The summed E-state index contributed by atoms with van der Waals surface area (Å²) in [5, 5.41) is 18.8. The molecule has 1 aliphatic heterocycles. The molecule has 1 aromatic carbocycles. The van der Waals surface area contributed by atoms with E-state index in [4.69, 9.17) is 10.5 Å². The summed E-state index contributed by atoms with van der Waals surface area (Å²) in [6, 6.07) is 9.76. The van der Waals surface area contributed by atoms with E-state index >= 15 is 0 Å². The van der Waals surface area contributed by atoms with Crippen LogP contribution in [-0.2, 0) is 4.79 Å². The van der Waals surface area contributed by atoms with Crippen LogP contribution in [0.2, 0.25) is 0 Å². The van der Waals surface area contributed by atoms with Crippen molar-refractivity contribution in [2.45, 2.75) is 0 Å². The summed E-state index contributed by atoms with van der Waals surface area (Å²) in [4.78, 5) is 10.6. The zero-order chi connectivity index (χ0) is 13.0. The Hall–Kier alpha value is -2.62. The van der Waals surface area contributed by atoms with Gasteiger partial charge in [0.25, 0.3) is 0 Å². The molecule has 1 aliphatic rings. The maximum Gasteiger partial charge on any atom is 0.353 e. The van der Waals surface area contributed by atoms with Gasteiger partial charge in [-0.1, -0.05) is 30.3 Å². The van der Waals surface area contributed by atoms with Crippen LogP contribution in [-0.4, -0.2) is 16.8 Å². The molecule has 0 amide bonds. The first-order valence-corrected chi connectivity index (χ1v) is 5.40. The Morgan fingerprint density at radius 3 is 2.67 bits per heavy atom. The molecule has 0 fully saturated rings. The monoisotopic (exact) mass is 240 g/mol. The second-order valence-corrected chi connectivity index (χ2v) is 3.76. The van der Waals surface area contributed by atoms with Crippen molar-refractivity contribution in [3.05, 3.63) is 66.0 Å². The number of hydrogen-bond acceptors (Lipinski definition) is 3. The fraction of sp³-hybridized carbons (Fsp3) is 0. The SMILES string of the molecule is N=C(/C=C1/C=C(c2ccccc2)C=CN1)C(=O)O. The van der Waals surface area contributed by atoms with Gasteiger partial charge in [-0.2, -0.15) is 0 Å². The molecule has 4 nitrogen and oxygen atoms in total. The topological polar surface area (TPSA) is 73.2 Å². The van der Waals surface area contributed by atoms with Gasteiger partial charge in [-0.15, -0.1) is 0 Å². The highest BCUT2D eigenvalue weighted by Gasteiger charge is 2.07. The molecule has 0 radical (unpaired) electrons. The zero-order valence-electron chi connectivity index (χ0n) is 9.55. The average Bonchev–Trinajstić information content (AvgIpc) is 2.40. The van der Waals surface area contributed by atoms with E-state index in [9.17, 15) is 4.79 Å². The van der Waals surface area contributed by atoms with Gasteiger partial charge in [-0.05, 0) is 29.4 Å². The van der Waals surface area contributed by atoms with Gasteiger partial charge in [-0.3, -0.25) is 5.41 Å². The van der Waals surface area contributed by atoms with Gasteiger partial charge in [-0.25, -0.2) is 4.79 Å². The minimum atomic E-state index is -1.24. The van der Waals surface area contributed by atoms with Crippen molar-refractivity contribution in [3.63, 3.8) is 0 Å². The second-order valence-electron chi connectivity index (χ2n) is 3.76. The van der Waals surface area contributed by atoms with E-state index in [0.717, 1.165) is 11.1 Å². The summed E-state index contributed by atoms with van der Waals surface area (Å²) >= 11 is 0. The first-order chi connectivity index (χ1) is 8.66. The van der Waals surface area contributed by atoms with Crippen molar-refractivity contribution < 1.29 is 9.90 Å². The summed E-state index contributed by atoms with van der Waals surface area (Å²) in [5.41, 5.74) is 2.15. The Morgan fingerprint density at radius 1 is 1.28 bits per heavy atom. The first kappa shape index (κ1) is 11.9. The number of allylic oxidation sites excluding steroid dienone is 3. The van der Waals surface area contributed by atoms with Crippen LogP contribution in [0.1, 0.15) is 5.56 Å². The third-order valence-corrected chi connectivity index (χ3v) is 2.46. The molecular weight excluding hydrogens is 228 g/mol. The molecule has 0 unspecified atom stereocenters. The van der Waals surface area contributed by atoms with Crippen LogP contribution in [0, 0.1) is 5.41 Å². The molecule has 0 bridgehead atoms. The number of dihydropyridines is 1. The van der Waals surface area contributed by atoms with Crippen LogP contribution in [0.15, 0.2) is 60.5 Å². The lowest BCUT2D eigenvalue weighted by molar-refractivity contribution is -0.129. The summed E-state index contributed by atoms with van der Waals surface area (Å²) in [7, 11) is 0. The Bertz CT molecular complexity index is 569. The normalized spacial score (nSPS) is 16.0. The molecule has 0 spiro atoms. The molecule has 1 heterocycles. The molecule has 2 rings (SSSR count). The number of rotatable bonds is 3. The lowest BCUT2D eigenvalue weighted by Crippen LogP contribution is -2.14. The smallest absolute Gasteiger partial charge is 0.353 e. The summed E-state index contributed by atoms with van der Waals surface area (Å²) in [5.74, 6) is -1.24. The molecule has 90 valence electrons. The third-order valence-electron chi connectivity index (χ3n) is 2.46. The van der Waals surface area contributed by atoms with E-state index in [-0.39, 0.29) is 0 Å². The van der Waals surface area contributed by atoms with Crippen LogP contribution >= 0.6 is 0 Å². The van der Waals surface area contributed by atoms with Gasteiger partial charge in [0.1, 0.15) is 5.71 Å². The van der Waals surface area contributed by atoms with Crippen LogP contribution in [0.4, 0.5) is 0 Å². The van der Waals surface area contributed by atoms with Crippen LogP contribution < -0.4 is 5.32 Å². The number of nitrogens with one attached hydrogen (secondary N) is 2. The van der Waals surface area contributed by atoms with Crippen molar-refractivity contribution in [2.24, 2.45) is 0 Å². The minimum absolute atomic E-state index is 0.448. The third kappa shape index (κ3) is 2.74. The van der Waals surface area contributed by atoms with Gasteiger partial charge in [0.2, 0.25) is 0 Å². The van der Waals surface area contributed by atoms with Crippen LogP contribution in [0.25, 0.3) is 5.57 Å². The quantitative estimate of drug-likeness (QED) is 0.709. The van der Waals surface area contributed by atoms with Crippen molar-refractivity contribution in [3.8, 4) is 0 Å². The molecule has 1 aromatic rings. The van der Waals surface area contributed by atoms with E-state index in [0.29, 0.717) is 5.70 Å². The molecule has 0 saturated heterocycles. The standard InChI is InChI=1S/C14H12N2O2/c15-13(14(17)18)9-12-8-11(6-7-16-12)10-4-2-1-3-5-10/h1-9,15-16H,(H,17,18)/b12-9-,15-13?. The van der Waals surface area contributed by atoms with Gasteiger partial charge >= 0.3 is 5.97 Å². The van der Waals surface area contributed by atoms with Crippen LogP contribution in [0.5, 0.6) is 0 Å². The van der Waals surface area contributed by atoms with E-state index in [2.05, 4.69) is 5.32 Å². The van der Waals surface area contributed by atoms with E-state index in [1.807, 2.05) is 42.5 Å². The summed E-state index contributed by atoms with van der Waals surface area (Å²) in [6.07, 6.45) is 6.72. The fourth-order valence-electron chi connectivity index (χ4n) is 1.60. The van der Waals surface area contributed by atoms with E-state index in [1.165, 1.54) is 6.08 Å². The average molecular weight is 240 g/mol. The highest BCUT2D eigenvalue weighted by atomic mass is 16.4. The Labute approximate surface area is 104 Å². The lowest BCUT2D eigenvalue weighted by atomic mass is 10.0. The number of carboxylic acid groups (broad SMARTS) is 1. The van der Waals surface area contributed by atoms with Gasteiger partial charge in [0, 0.05) is 11.9 Å². The van der Waals surface area contributed by atoms with E-state index in [1.54, 1.807) is 6.20 Å². The van der Waals surface area contributed by atoms with Gasteiger partial charge in [0.15, 0.2) is 0 Å². The van der Waals surface area contributed by atoms with Gasteiger partial charge in [0.05, 0.1) is 0 Å². The summed E-state index contributed by atoms with van der Waals surface area (Å²) < 4.78 is 0. The number of carbonyl (C=O) groups is 1. The number of carboxylic acids is 1. The molecule has 0 saturated carbocycles. The van der Waals surface area contributed by atoms with Crippen molar-refractivity contribution in [1.29, 1.82) is 5.41 Å². The Kier molecular flexibility index (Phi) is 3.38. The van der Waals surface area contributed by atoms with Crippen molar-refractivity contribution in [1.82, 2.24) is 5.32 Å². The summed E-state index contributed by atoms with van der Waals surface area (Å²) in [6.45, 7) is 0. The van der Waals surface area contributed by atoms with E-state index < -0.39 is 11.7 Å². The Balaban J connectivity index is 2.29. The predicted octanol–water partition coefficient (Wildman–Crippen LogP) is 2.18. The Morgan fingerprint density at radius 2 is 2.00 bits per heavy atom. The fourth-order valence-corrected chi connectivity index (χ4v) is 1.60. The lowest BCUT2D eigenvalue weighted by Gasteiger charge is -2.11. The molecule has 0 atom stereocenters. The minimum Gasteiger partial charge on any atom is -0.477 e. The van der Waals surface area contributed by atoms with Crippen LogP contribution in [0.3, 0.4) is 0 Å². The largest absolute Gasteiger partial charge is 0.477 e. The van der Waals surface area contributed by atoms with Gasteiger partial charge < -0.3 is 10.4 Å². The highest BCUT2D eigenvalue weighted by Crippen LogP contribution is 2.19. The maximum absolute atomic E-state index is 10.6. The molecule has 0 aromatic heterocycles. The second kappa shape index (κ2) is 5.14. The maximum atomic E-state index is 10.6. The molecule has 3 N–H and O–H groups in total. The zero-order valence-corrected chi connectivity index (χ0v) is 9.55. The molecule has 0 aliphatic carbocycles.